The molecule has 0 bridgehead atoms. The predicted octanol–water partition coefficient (Wildman–Crippen LogP) is 2.09. The molecule has 0 aromatic heterocycles. The fourth-order valence-electron chi connectivity index (χ4n) is 2.29. The smallest absolute Gasteiger partial charge is 0.310 e. The van der Waals surface area contributed by atoms with Crippen LogP contribution in [0.15, 0.2) is 22.7 Å². The molecule has 0 spiro atoms. The van der Waals surface area contributed by atoms with Crippen molar-refractivity contribution in [3.8, 4) is 5.75 Å². The molecule has 1 amide bonds. The Bertz CT molecular complexity index is 532. The lowest BCUT2D eigenvalue weighted by Gasteiger charge is -2.16. The van der Waals surface area contributed by atoms with Crippen LogP contribution in [0.2, 0.25) is 0 Å². The maximum Gasteiger partial charge on any atom is 0.310 e. The van der Waals surface area contributed by atoms with E-state index in [0.29, 0.717) is 30.8 Å². The molecule has 20 heavy (non-hydrogen) atoms. The summed E-state index contributed by atoms with van der Waals surface area (Å²) in [5.41, 5.74) is 0.572. The van der Waals surface area contributed by atoms with Crippen LogP contribution in [0, 0.1) is 5.92 Å². The molecule has 1 aliphatic rings. The summed E-state index contributed by atoms with van der Waals surface area (Å²) < 4.78 is 10.6. The predicted molar refractivity (Wildman–Crippen MR) is 76.7 cm³/mol. The Morgan fingerprint density at radius 1 is 1.35 bits per heavy atom. The van der Waals surface area contributed by atoms with Crippen molar-refractivity contribution in [2.24, 2.45) is 5.92 Å². The second kappa shape index (κ2) is 6.26. The first-order valence-corrected chi connectivity index (χ1v) is 7.06. The van der Waals surface area contributed by atoms with E-state index in [0.717, 1.165) is 4.47 Å². The third-order valence-electron chi connectivity index (χ3n) is 3.41. The van der Waals surface area contributed by atoms with E-state index in [4.69, 9.17) is 9.47 Å². The lowest BCUT2D eigenvalue weighted by Crippen LogP contribution is -2.30. The van der Waals surface area contributed by atoms with Gasteiger partial charge in [0, 0.05) is 18.7 Å². The Hall–Kier alpha value is -1.56. The van der Waals surface area contributed by atoms with Gasteiger partial charge in [-0.25, -0.2) is 0 Å². The van der Waals surface area contributed by atoms with Crippen LogP contribution in [0.3, 0.4) is 0 Å². The van der Waals surface area contributed by atoms with Gasteiger partial charge in [-0.05, 0) is 40.5 Å². The highest BCUT2D eigenvalue weighted by molar-refractivity contribution is 9.10. The highest BCUT2D eigenvalue weighted by Gasteiger charge is 2.32. The van der Waals surface area contributed by atoms with Crippen LogP contribution in [0.25, 0.3) is 0 Å². The molecule has 1 heterocycles. The van der Waals surface area contributed by atoms with Crippen molar-refractivity contribution in [1.82, 2.24) is 4.90 Å². The number of hydrogen-bond donors (Lipinski definition) is 0. The number of hydrogen-bond acceptors (Lipinski definition) is 4. The number of carbonyl (C=O) groups is 2. The van der Waals surface area contributed by atoms with Gasteiger partial charge in [0.2, 0.25) is 0 Å². The number of methoxy groups -OCH3 is 2. The average molecular weight is 342 g/mol. The molecular weight excluding hydrogens is 326 g/mol. The minimum absolute atomic E-state index is 0.0836. The number of nitrogens with zero attached hydrogens (tertiary/aromatic N) is 1. The van der Waals surface area contributed by atoms with Gasteiger partial charge >= 0.3 is 5.97 Å². The lowest BCUT2D eigenvalue weighted by atomic mass is 10.1. The molecule has 0 saturated carbocycles. The zero-order chi connectivity index (χ0) is 14.7. The van der Waals surface area contributed by atoms with Crippen molar-refractivity contribution in [3.63, 3.8) is 0 Å². The molecule has 1 aromatic carbocycles. The molecule has 1 fully saturated rings. The fraction of sp³-hybridized carbons (Fsp3) is 0.429. The van der Waals surface area contributed by atoms with Crippen LogP contribution >= 0.6 is 15.9 Å². The third-order valence-corrected chi connectivity index (χ3v) is 4.03. The Balaban J connectivity index is 2.09. The number of halogens is 1. The molecule has 1 unspecified atom stereocenters. The first-order chi connectivity index (χ1) is 9.56. The summed E-state index contributed by atoms with van der Waals surface area (Å²) in [6.45, 7) is 0.984. The van der Waals surface area contributed by atoms with E-state index < -0.39 is 0 Å². The van der Waals surface area contributed by atoms with E-state index in [2.05, 4.69) is 15.9 Å². The van der Waals surface area contributed by atoms with Crippen LogP contribution in [0.5, 0.6) is 5.75 Å². The van der Waals surface area contributed by atoms with Gasteiger partial charge in [0.15, 0.2) is 0 Å². The molecular formula is C14H16BrNO4. The number of carbonyl (C=O) groups excluding carboxylic acids is 2. The van der Waals surface area contributed by atoms with Gasteiger partial charge in [0.25, 0.3) is 5.91 Å². The first kappa shape index (κ1) is 14.8. The van der Waals surface area contributed by atoms with Gasteiger partial charge in [0.1, 0.15) is 5.75 Å². The number of esters is 1. The van der Waals surface area contributed by atoms with Crippen molar-refractivity contribution in [1.29, 1.82) is 0 Å². The second-order valence-electron chi connectivity index (χ2n) is 4.61. The number of ether oxygens (including phenoxy) is 2. The van der Waals surface area contributed by atoms with Crippen molar-refractivity contribution in [2.45, 2.75) is 6.42 Å². The van der Waals surface area contributed by atoms with E-state index >= 15 is 0 Å². The van der Waals surface area contributed by atoms with Gasteiger partial charge in [-0.1, -0.05) is 0 Å². The summed E-state index contributed by atoms with van der Waals surface area (Å²) in [7, 11) is 2.94. The second-order valence-corrected chi connectivity index (χ2v) is 5.46. The van der Waals surface area contributed by atoms with Crippen molar-refractivity contribution >= 4 is 27.8 Å². The molecule has 0 N–H and O–H groups in total. The van der Waals surface area contributed by atoms with Crippen molar-refractivity contribution in [3.05, 3.63) is 28.2 Å². The topological polar surface area (TPSA) is 55.8 Å². The molecule has 0 aliphatic carbocycles. The zero-order valence-electron chi connectivity index (χ0n) is 11.4. The lowest BCUT2D eigenvalue weighted by molar-refractivity contribution is -0.144. The van der Waals surface area contributed by atoms with E-state index in [1.165, 1.54) is 7.11 Å². The number of likely N-dealkylation sites (tertiary alicyclic amines) is 1. The van der Waals surface area contributed by atoms with Crippen LogP contribution < -0.4 is 4.74 Å². The molecule has 5 nitrogen and oxygen atoms in total. The zero-order valence-corrected chi connectivity index (χ0v) is 13.0. The molecule has 1 aliphatic heterocycles. The molecule has 108 valence electrons. The summed E-state index contributed by atoms with van der Waals surface area (Å²) in [4.78, 5) is 25.5. The maximum atomic E-state index is 12.4. The Morgan fingerprint density at radius 3 is 2.70 bits per heavy atom. The molecule has 0 radical (unpaired) electrons. The Labute approximate surface area is 126 Å². The molecule has 2 rings (SSSR count). The number of benzene rings is 1. The van der Waals surface area contributed by atoms with E-state index in [1.54, 1.807) is 30.2 Å². The Kier molecular flexibility index (Phi) is 4.65. The largest absolute Gasteiger partial charge is 0.496 e. The third kappa shape index (κ3) is 2.95. The van der Waals surface area contributed by atoms with Gasteiger partial charge in [-0.15, -0.1) is 0 Å². The number of amides is 1. The summed E-state index contributed by atoms with van der Waals surface area (Å²) in [5.74, 6) is 0.122. The van der Waals surface area contributed by atoms with Crippen molar-refractivity contribution in [2.75, 3.05) is 27.3 Å². The van der Waals surface area contributed by atoms with Crippen LogP contribution in [0.1, 0.15) is 16.8 Å². The average Bonchev–Trinajstić information content (AvgIpc) is 2.95. The van der Waals surface area contributed by atoms with Crippen LogP contribution in [-0.2, 0) is 9.53 Å². The minimum atomic E-state index is -0.254. The first-order valence-electron chi connectivity index (χ1n) is 6.27. The van der Waals surface area contributed by atoms with Crippen molar-refractivity contribution < 1.29 is 19.1 Å². The summed E-state index contributed by atoms with van der Waals surface area (Å²) in [5, 5.41) is 0. The quantitative estimate of drug-likeness (QED) is 0.790. The van der Waals surface area contributed by atoms with Gasteiger partial charge in [0.05, 0.1) is 24.6 Å². The van der Waals surface area contributed by atoms with Gasteiger partial charge in [-0.2, -0.15) is 0 Å². The van der Waals surface area contributed by atoms with Gasteiger partial charge in [-0.3, -0.25) is 9.59 Å². The molecule has 1 aromatic rings. The van der Waals surface area contributed by atoms with Crippen LogP contribution in [-0.4, -0.2) is 44.1 Å². The molecule has 1 saturated heterocycles. The monoisotopic (exact) mass is 341 g/mol. The fourth-order valence-corrected chi connectivity index (χ4v) is 2.83. The summed E-state index contributed by atoms with van der Waals surface area (Å²) >= 11 is 3.36. The Morgan fingerprint density at radius 2 is 2.10 bits per heavy atom. The van der Waals surface area contributed by atoms with E-state index in [9.17, 15) is 9.59 Å². The SMILES string of the molecule is COC(=O)C1CCN(C(=O)c2ccc(OC)c(Br)c2)C1. The molecule has 6 heteroatoms. The van der Waals surface area contributed by atoms with Gasteiger partial charge < -0.3 is 14.4 Å². The number of rotatable bonds is 3. The van der Waals surface area contributed by atoms with E-state index in [1.807, 2.05) is 0 Å². The summed E-state index contributed by atoms with van der Waals surface area (Å²) in [6, 6.07) is 5.19. The maximum absolute atomic E-state index is 12.4. The highest BCUT2D eigenvalue weighted by Crippen LogP contribution is 2.27. The molecule has 1 atom stereocenters. The van der Waals surface area contributed by atoms with Crippen LogP contribution in [0.4, 0.5) is 0 Å². The van der Waals surface area contributed by atoms with E-state index in [-0.39, 0.29) is 17.8 Å². The normalized spacial score (nSPS) is 17.9. The standard InChI is InChI=1S/C14H16BrNO4/c1-19-12-4-3-9(7-11(12)15)13(17)16-6-5-10(8-16)14(18)20-2/h3-4,7,10H,5-6,8H2,1-2H3. The summed E-state index contributed by atoms with van der Waals surface area (Å²) in [6.07, 6.45) is 0.649. The highest BCUT2D eigenvalue weighted by atomic mass is 79.9. The minimum Gasteiger partial charge on any atom is -0.496 e.